The van der Waals surface area contributed by atoms with Crippen LogP contribution in [0.25, 0.3) is 0 Å². The SMILES string of the molecule is CC(NCC1CCCN(C)C1)c1ccc(I)cc1. The minimum atomic E-state index is 0.453. The minimum absolute atomic E-state index is 0.453. The Morgan fingerprint density at radius 2 is 2.11 bits per heavy atom. The molecule has 2 nitrogen and oxygen atoms in total. The lowest BCUT2D eigenvalue weighted by Crippen LogP contribution is -2.37. The second-order valence-corrected chi connectivity index (χ2v) is 6.70. The van der Waals surface area contributed by atoms with Gasteiger partial charge in [-0.25, -0.2) is 0 Å². The normalized spacial score (nSPS) is 22.9. The van der Waals surface area contributed by atoms with E-state index in [4.69, 9.17) is 0 Å². The first-order valence-electron chi connectivity index (χ1n) is 6.82. The lowest BCUT2D eigenvalue weighted by Gasteiger charge is -2.30. The van der Waals surface area contributed by atoms with E-state index in [2.05, 4.69) is 71.0 Å². The van der Waals surface area contributed by atoms with E-state index in [-0.39, 0.29) is 0 Å². The van der Waals surface area contributed by atoms with Crippen LogP contribution in [-0.2, 0) is 0 Å². The first-order chi connectivity index (χ1) is 8.65. The van der Waals surface area contributed by atoms with Gasteiger partial charge in [0.15, 0.2) is 0 Å². The molecule has 1 fully saturated rings. The van der Waals surface area contributed by atoms with E-state index in [9.17, 15) is 0 Å². The molecule has 2 unspecified atom stereocenters. The molecule has 1 aliphatic heterocycles. The average molecular weight is 358 g/mol. The molecule has 0 aliphatic carbocycles. The molecule has 0 spiro atoms. The van der Waals surface area contributed by atoms with Gasteiger partial charge in [-0.3, -0.25) is 0 Å². The van der Waals surface area contributed by atoms with Crippen molar-refractivity contribution in [3.63, 3.8) is 0 Å². The topological polar surface area (TPSA) is 15.3 Å². The molecule has 2 rings (SSSR count). The molecule has 1 heterocycles. The van der Waals surface area contributed by atoms with Crippen molar-refractivity contribution in [1.29, 1.82) is 0 Å². The summed E-state index contributed by atoms with van der Waals surface area (Å²) in [6.45, 7) is 5.90. The third kappa shape index (κ3) is 4.21. The van der Waals surface area contributed by atoms with Crippen LogP contribution < -0.4 is 5.32 Å². The quantitative estimate of drug-likeness (QED) is 0.831. The number of rotatable bonds is 4. The fourth-order valence-electron chi connectivity index (χ4n) is 2.65. The standard InChI is InChI=1S/C15H23IN2/c1-12(14-5-7-15(16)8-6-14)17-10-13-4-3-9-18(2)11-13/h5-8,12-13,17H,3-4,9-11H2,1-2H3. The monoisotopic (exact) mass is 358 g/mol. The van der Waals surface area contributed by atoms with Crippen LogP contribution in [0.15, 0.2) is 24.3 Å². The lowest BCUT2D eigenvalue weighted by atomic mass is 9.98. The zero-order valence-electron chi connectivity index (χ0n) is 11.3. The third-order valence-corrected chi connectivity index (χ3v) is 4.52. The van der Waals surface area contributed by atoms with E-state index in [0.717, 1.165) is 12.5 Å². The number of piperidine rings is 1. The van der Waals surface area contributed by atoms with Gasteiger partial charge in [0, 0.05) is 16.2 Å². The highest BCUT2D eigenvalue weighted by Gasteiger charge is 2.17. The molecular formula is C15H23IN2. The first kappa shape index (κ1) is 14.3. The Morgan fingerprint density at radius 3 is 2.78 bits per heavy atom. The smallest absolute Gasteiger partial charge is 0.0291 e. The second kappa shape index (κ2) is 6.87. The van der Waals surface area contributed by atoms with Gasteiger partial charge in [0.05, 0.1) is 0 Å². The zero-order chi connectivity index (χ0) is 13.0. The number of hydrogen-bond donors (Lipinski definition) is 1. The molecule has 0 radical (unpaired) electrons. The predicted octanol–water partition coefficient (Wildman–Crippen LogP) is 3.28. The molecule has 1 N–H and O–H groups in total. The summed E-state index contributed by atoms with van der Waals surface area (Å²) in [5.41, 5.74) is 1.39. The Labute approximate surface area is 124 Å². The fourth-order valence-corrected chi connectivity index (χ4v) is 3.01. The zero-order valence-corrected chi connectivity index (χ0v) is 13.5. The number of benzene rings is 1. The average Bonchev–Trinajstić information content (AvgIpc) is 2.37. The number of nitrogens with one attached hydrogen (secondary N) is 1. The molecule has 0 saturated carbocycles. The van der Waals surface area contributed by atoms with Gasteiger partial charge in [0.25, 0.3) is 0 Å². The van der Waals surface area contributed by atoms with E-state index < -0.39 is 0 Å². The summed E-state index contributed by atoms with van der Waals surface area (Å²) < 4.78 is 1.30. The Bertz CT molecular complexity index is 363. The molecule has 0 bridgehead atoms. The van der Waals surface area contributed by atoms with Crippen molar-refractivity contribution in [3.8, 4) is 0 Å². The number of likely N-dealkylation sites (tertiary alicyclic amines) is 1. The molecule has 1 aromatic carbocycles. The van der Waals surface area contributed by atoms with Crippen LogP contribution in [0.3, 0.4) is 0 Å². The molecule has 1 aliphatic rings. The summed E-state index contributed by atoms with van der Waals surface area (Å²) in [6, 6.07) is 9.28. The molecule has 1 saturated heterocycles. The van der Waals surface area contributed by atoms with Crippen LogP contribution in [0.2, 0.25) is 0 Å². The van der Waals surface area contributed by atoms with Crippen molar-refractivity contribution >= 4 is 22.6 Å². The number of halogens is 1. The van der Waals surface area contributed by atoms with Gasteiger partial charge in [-0.1, -0.05) is 12.1 Å². The summed E-state index contributed by atoms with van der Waals surface area (Å²) in [4.78, 5) is 2.45. The molecule has 3 heteroatoms. The van der Waals surface area contributed by atoms with E-state index in [1.165, 1.54) is 35.1 Å². The number of hydrogen-bond acceptors (Lipinski definition) is 2. The Morgan fingerprint density at radius 1 is 1.39 bits per heavy atom. The van der Waals surface area contributed by atoms with Crippen molar-refractivity contribution in [3.05, 3.63) is 33.4 Å². The van der Waals surface area contributed by atoms with Gasteiger partial charge in [0.1, 0.15) is 0 Å². The summed E-state index contributed by atoms with van der Waals surface area (Å²) >= 11 is 2.35. The fraction of sp³-hybridized carbons (Fsp3) is 0.600. The third-order valence-electron chi connectivity index (χ3n) is 3.80. The van der Waals surface area contributed by atoms with Crippen LogP contribution in [0.5, 0.6) is 0 Å². The summed E-state index contributed by atoms with van der Waals surface area (Å²) in [7, 11) is 2.23. The highest BCUT2D eigenvalue weighted by molar-refractivity contribution is 14.1. The molecule has 0 aromatic heterocycles. The maximum Gasteiger partial charge on any atom is 0.0291 e. The highest BCUT2D eigenvalue weighted by atomic mass is 127. The van der Waals surface area contributed by atoms with Crippen LogP contribution in [0.1, 0.15) is 31.4 Å². The first-order valence-corrected chi connectivity index (χ1v) is 7.90. The maximum atomic E-state index is 3.68. The van der Waals surface area contributed by atoms with E-state index >= 15 is 0 Å². The predicted molar refractivity (Wildman–Crippen MR) is 85.8 cm³/mol. The van der Waals surface area contributed by atoms with Gasteiger partial charge in [0.2, 0.25) is 0 Å². The highest BCUT2D eigenvalue weighted by Crippen LogP contribution is 2.17. The van der Waals surface area contributed by atoms with Crippen molar-refractivity contribution in [1.82, 2.24) is 10.2 Å². The van der Waals surface area contributed by atoms with Gasteiger partial charge in [-0.15, -0.1) is 0 Å². The van der Waals surface area contributed by atoms with E-state index in [1.807, 2.05) is 0 Å². The molecule has 1 aromatic rings. The van der Waals surface area contributed by atoms with Crippen LogP contribution in [-0.4, -0.2) is 31.6 Å². The van der Waals surface area contributed by atoms with E-state index in [0.29, 0.717) is 6.04 Å². The van der Waals surface area contributed by atoms with Crippen LogP contribution in [0, 0.1) is 9.49 Å². The van der Waals surface area contributed by atoms with Gasteiger partial charge in [-0.2, -0.15) is 0 Å². The lowest BCUT2D eigenvalue weighted by molar-refractivity contribution is 0.203. The molecule has 100 valence electrons. The maximum absolute atomic E-state index is 3.68. The molecule has 2 atom stereocenters. The van der Waals surface area contributed by atoms with Gasteiger partial charge < -0.3 is 10.2 Å². The van der Waals surface area contributed by atoms with Gasteiger partial charge in [-0.05, 0) is 86.1 Å². The van der Waals surface area contributed by atoms with Crippen molar-refractivity contribution in [2.24, 2.45) is 5.92 Å². The molecular weight excluding hydrogens is 335 g/mol. The van der Waals surface area contributed by atoms with Gasteiger partial charge >= 0.3 is 0 Å². The van der Waals surface area contributed by atoms with Crippen molar-refractivity contribution in [2.45, 2.75) is 25.8 Å². The molecule has 0 amide bonds. The van der Waals surface area contributed by atoms with Crippen LogP contribution in [0.4, 0.5) is 0 Å². The van der Waals surface area contributed by atoms with Crippen LogP contribution >= 0.6 is 22.6 Å². The number of nitrogens with zero attached hydrogens (tertiary/aromatic N) is 1. The minimum Gasteiger partial charge on any atom is -0.310 e. The summed E-state index contributed by atoms with van der Waals surface area (Å²) in [5, 5.41) is 3.68. The van der Waals surface area contributed by atoms with Crippen molar-refractivity contribution < 1.29 is 0 Å². The summed E-state index contributed by atoms with van der Waals surface area (Å²) in [5.74, 6) is 0.815. The van der Waals surface area contributed by atoms with E-state index in [1.54, 1.807) is 0 Å². The Hall–Kier alpha value is -0.130. The van der Waals surface area contributed by atoms with Crippen molar-refractivity contribution in [2.75, 3.05) is 26.7 Å². The second-order valence-electron chi connectivity index (χ2n) is 5.45. The largest absolute Gasteiger partial charge is 0.310 e. The summed E-state index contributed by atoms with van der Waals surface area (Å²) in [6.07, 6.45) is 2.72. The Kier molecular flexibility index (Phi) is 5.45. The Balaban J connectivity index is 1.80. The molecule has 18 heavy (non-hydrogen) atoms.